The van der Waals surface area contributed by atoms with Gasteiger partial charge in [-0.15, -0.1) is 0 Å². The number of nitrogens with zero attached hydrogens (tertiary/aromatic N) is 4. The summed E-state index contributed by atoms with van der Waals surface area (Å²) in [5.41, 5.74) is 3.15. The zero-order chi connectivity index (χ0) is 23.0. The number of nitriles is 1. The van der Waals surface area contributed by atoms with Crippen molar-refractivity contribution >= 4 is 26.7 Å². The van der Waals surface area contributed by atoms with Gasteiger partial charge in [0.2, 0.25) is 0 Å². The third kappa shape index (κ3) is 3.65. The van der Waals surface area contributed by atoms with E-state index in [1.165, 1.54) is 10.9 Å². The third-order valence-corrected chi connectivity index (χ3v) is 6.67. The highest BCUT2D eigenvalue weighted by Crippen LogP contribution is 2.30. The summed E-state index contributed by atoms with van der Waals surface area (Å²) in [6.07, 6.45) is 1.31. The standard InChI is InChI=1S/C23H21N5O3S/c1-14-8-9-20(16(3)10-14)32(29,30)27-23-17(12-24)13-25-28(23)21-11-15(2)18-6-5-7-19(31-4)22(18)26-21/h5-11,13,27H,1-4H3. The fraction of sp³-hybridized carbons (Fsp3) is 0.174. The Kier molecular flexibility index (Phi) is 5.32. The number of methoxy groups -OCH3 is 1. The Hall–Kier alpha value is -3.90. The maximum Gasteiger partial charge on any atom is 0.263 e. The number of hydrogen-bond acceptors (Lipinski definition) is 6. The number of nitrogens with one attached hydrogen (secondary N) is 1. The van der Waals surface area contributed by atoms with E-state index >= 15 is 0 Å². The first-order valence-electron chi connectivity index (χ1n) is 9.78. The molecule has 0 aliphatic heterocycles. The van der Waals surface area contributed by atoms with Crippen LogP contribution in [0.1, 0.15) is 22.3 Å². The van der Waals surface area contributed by atoms with Crippen LogP contribution in [-0.2, 0) is 10.0 Å². The zero-order valence-electron chi connectivity index (χ0n) is 18.0. The van der Waals surface area contributed by atoms with Crippen LogP contribution in [0.5, 0.6) is 5.75 Å². The molecule has 0 radical (unpaired) electrons. The Labute approximate surface area is 186 Å². The second-order valence-electron chi connectivity index (χ2n) is 7.46. The van der Waals surface area contributed by atoms with Crippen LogP contribution >= 0.6 is 0 Å². The molecule has 4 rings (SSSR count). The van der Waals surface area contributed by atoms with Crippen LogP contribution in [0.15, 0.2) is 53.6 Å². The average Bonchev–Trinajstić information content (AvgIpc) is 3.14. The Bertz CT molecular complexity index is 1500. The molecular weight excluding hydrogens is 426 g/mol. The van der Waals surface area contributed by atoms with E-state index < -0.39 is 10.0 Å². The average molecular weight is 448 g/mol. The molecule has 162 valence electrons. The summed E-state index contributed by atoms with van der Waals surface area (Å²) in [6.45, 7) is 5.54. The fourth-order valence-electron chi connectivity index (χ4n) is 3.63. The van der Waals surface area contributed by atoms with Crippen LogP contribution in [0.3, 0.4) is 0 Å². The van der Waals surface area contributed by atoms with E-state index in [1.54, 1.807) is 44.4 Å². The first-order chi connectivity index (χ1) is 15.2. The lowest BCUT2D eigenvalue weighted by molar-refractivity contribution is 0.419. The third-order valence-electron chi connectivity index (χ3n) is 5.17. The van der Waals surface area contributed by atoms with Gasteiger partial charge in [0.05, 0.1) is 18.2 Å². The second kappa shape index (κ2) is 7.98. The van der Waals surface area contributed by atoms with Crippen molar-refractivity contribution in [3.8, 4) is 17.6 Å². The van der Waals surface area contributed by atoms with Gasteiger partial charge >= 0.3 is 0 Å². The van der Waals surface area contributed by atoms with E-state index in [1.807, 2.05) is 32.0 Å². The van der Waals surface area contributed by atoms with Gasteiger partial charge in [0.15, 0.2) is 11.6 Å². The molecule has 0 bridgehead atoms. The van der Waals surface area contributed by atoms with Crippen molar-refractivity contribution in [1.82, 2.24) is 14.8 Å². The number of hydrogen-bond donors (Lipinski definition) is 1. The molecule has 2 aromatic carbocycles. The van der Waals surface area contributed by atoms with Gasteiger partial charge in [-0.3, -0.25) is 4.72 Å². The summed E-state index contributed by atoms with van der Waals surface area (Å²) in [4.78, 5) is 4.78. The largest absolute Gasteiger partial charge is 0.494 e. The molecule has 8 nitrogen and oxygen atoms in total. The number of anilines is 1. The first kappa shape index (κ1) is 21.3. The monoisotopic (exact) mass is 447 g/mol. The van der Waals surface area contributed by atoms with Crippen molar-refractivity contribution in [1.29, 1.82) is 5.26 Å². The molecular formula is C23H21N5O3S. The number of rotatable bonds is 5. The lowest BCUT2D eigenvalue weighted by Gasteiger charge is -2.14. The number of fused-ring (bicyclic) bond motifs is 1. The molecule has 9 heteroatoms. The molecule has 1 N–H and O–H groups in total. The van der Waals surface area contributed by atoms with Gasteiger partial charge in [-0.25, -0.2) is 13.4 Å². The highest BCUT2D eigenvalue weighted by atomic mass is 32.2. The predicted octanol–water partition coefficient (Wildman–Crippen LogP) is 4.03. The minimum atomic E-state index is -3.97. The van der Waals surface area contributed by atoms with Crippen LogP contribution in [0.4, 0.5) is 5.82 Å². The van der Waals surface area contributed by atoms with Crippen molar-refractivity contribution in [2.45, 2.75) is 25.7 Å². The minimum Gasteiger partial charge on any atom is -0.494 e. The molecule has 4 aromatic rings. The molecule has 2 heterocycles. The second-order valence-corrected chi connectivity index (χ2v) is 9.11. The highest BCUT2D eigenvalue weighted by Gasteiger charge is 2.23. The highest BCUT2D eigenvalue weighted by molar-refractivity contribution is 7.92. The molecule has 0 atom stereocenters. The predicted molar refractivity (Wildman–Crippen MR) is 122 cm³/mol. The van der Waals surface area contributed by atoms with Crippen LogP contribution < -0.4 is 9.46 Å². The molecule has 0 spiro atoms. The normalized spacial score (nSPS) is 11.3. The summed E-state index contributed by atoms with van der Waals surface area (Å²) in [7, 11) is -2.41. The maximum atomic E-state index is 13.2. The Morgan fingerprint density at radius 3 is 2.56 bits per heavy atom. The Morgan fingerprint density at radius 2 is 1.88 bits per heavy atom. The van der Waals surface area contributed by atoms with E-state index in [4.69, 9.17) is 4.74 Å². The zero-order valence-corrected chi connectivity index (χ0v) is 18.9. The van der Waals surface area contributed by atoms with Gasteiger partial charge in [0.1, 0.15) is 22.9 Å². The SMILES string of the molecule is COc1cccc2c(C)cc(-n3ncc(C#N)c3NS(=O)(=O)c3ccc(C)cc3C)nc12. The van der Waals surface area contributed by atoms with Crippen molar-refractivity contribution in [3.63, 3.8) is 0 Å². The van der Waals surface area contributed by atoms with Crippen molar-refractivity contribution < 1.29 is 13.2 Å². The topological polar surface area (TPSA) is 110 Å². The van der Waals surface area contributed by atoms with E-state index in [-0.39, 0.29) is 16.3 Å². The van der Waals surface area contributed by atoms with Gasteiger partial charge in [-0.2, -0.15) is 15.0 Å². The van der Waals surface area contributed by atoms with Crippen LogP contribution in [0.2, 0.25) is 0 Å². The molecule has 0 aliphatic rings. The number of pyridine rings is 1. The lowest BCUT2D eigenvalue weighted by atomic mass is 10.1. The van der Waals surface area contributed by atoms with Crippen LogP contribution in [-0.4, -0.2) is 30.3 Å². The van der Waals surface area contributed by atoms with E-state index in [9.17, 15) is 13.7 Å². The van der Waals surface area contributed by atoms with Crippen molar-refractivity contribution in [3.05, 3.63) is 70.9 Å². The van der Waals surface area contributed by atoms with Crippen molar-refractivity contribution in [2.24, 2.45) is 0 Å². The van der Waals surface area contributed by atoms with E-state index in [0.29, 0.717) is 22.6 Å². The summed E-state index contributed by atoms with van der Waals surface area (Å²) in [5, 5.41) is 14.7. The van der Waals surface area contributed by atoms with Crippen LogP contribution in [0, 0.1) is 32.1 Å². The van der Waals surface area contributed by atoms with E-state index in [2.05, 4.69) is 14.8 Å². The number of sulfonamides is 1. The molecule has 0 fully saturated rings. The first-order valence-corrected chi connectivity index (χ1v) is 11.3. The lowest BCUT2D eigenvalue weighted by Crippen LogP contribution is -2.18. The molecule has 0 unspecified atom stereocenters. The molecule has 0 aliphatic carbocycles. The van der Waals surface area contributed by atoms with E-state index in [0.717, 1.165) is 16.5 Å². The molecule has 0 amide bonds. The molecule has 2 aromatic heterocycles. The van der Waals surface area contributed by atoms with Gasteiger partial charge < -0.3 is 4.74 Å². The summed E-state index contributed by atoms with van der Waals surface area (Å²) < 4.78 is 35.6. The van der Waals surface area contributed by atoms with Gasteiger partial charge in [-0.05, 0) is 50.1 Å². The summed E-state index contributed by atoms with van der Waals surface area (Å²) >= 11 is 0. The quantitative estimate of drug-likeness (QED) is 0.495. The molecule has 32 heavy (non-hydrogen) atoms. The number of benzene rings is 2. The minimum absolute atomic E-state index is 0.0219. The van der Waals surface area contributed by atoms with Gasteiger partial charge in [0, 0.05) is 5.39 Å². The smallest absolute Gasteiger partial charge is 0.263 e. The Balaban J connectivity index is 1.87. The number of para-hydroxylation sites is 1. The summed E-state index contributed by atoms with van der Waals surface area (Å²) in [6, 6.07) is 14.4. The number of ether oxygens (including phenoxy) is 1. The maximum absolute atomic E-state index is 13.2. The molecule has 0 saturated heterocycles. The van der Waals surface area contributed by atoms with Crippen LogP contribution in [0.25, 0.3) is 16.7 Å². The number of aryl methyl sites for hydroxylation is 3. The Morgan fingerprint density at radius 1 is 1.09 bits per heavy atom. The number of aromatic nitrogens is 3. The molecule has 0 saturated carbocycles. The summed E-state index contributed by atoms with van der Waals surface area (Å²) in [5.74, 6) is 0.963. The van der Waals surface area contributed by atoms with Gasteiger partial charge in [-0.1, -0.05) is 29.8 Å². The van der Waals surface area contributed by atoms with Crippen molar-refractivity contribution in [2.75, 3.05) is 11.8 Å². The fourth-order valence-corrected chi connectivity index (χ4v) is 4.92. The van der Waals surface area contributed by atoms with Gasteiger partial charge in [0.25, 0.3) is 10.0 Å².